The van der Waals surface area contributed by atoms with E-state index in [9.17, 15) is 27.6 Å². The van der Waals surface area contributed by atoms with Crippen LogP contribution in [0.5, 0.6) is 0 Å². The summed E-state index contributed by atoms with van der Waals surface area (Å²) in [5.41, 5.74) is -1.16. The largest absolute Gasteiger partial charge is 0.416 e. The molecule has 1 heterocycles. The lowest BCUT2D eigenvalue weighted by Crippen LogP contribution is -2.58. The summed E-state index contributed by atoms with van der Waals surface area (Å²) in [6, 6.07) is 4.71. The van der Waals surface area contributed by atoms with E-state index in [4.69, 9.17) is 9.47 Å². The van der Waals surface area contributed by atoms with Crippen molar-refractivity contribution in [1.29, 1.82) is 0 Å². The van der Waals surface area contributed by atoms with Crippen LogP contribution in [-0.4, -0.2) is 34.8 Å². The van der Waals surface area contributed by atoms with Gasteiger partial charge in [0.2, 0.25) is 0 Å². The molecule has 1 aromatic rings. The van der Waals surface area contributed by atoms with E-state index in [0.717, 1.165) is 12.1 Å². The van der Waals surface area contributed by atoms with Crippen molar-refractivity contribution in [2.75, 3.05) is 0 Å². The summed E-state index contributed by atoms with van der Waals surface area (Å²) in [5.74, 6) is -3.52. The average Bonchev–Trinajstić information content (AvgIpc) is 3.01. The minimum Gasteiger partial charge on any atom is -0.336 e. The Kier molecular flexibility index (Phi) is 5.00. The molecule has 2 fully saturated rings. The van der Waals surface area contributed by atoms with Gasteiger partial charge in [0, 0.05) is 18.3 Å². The Bertz CT molecular complexity index is 1070. The number of benzene rings is 1. The van der Waals surface area contributed by atoms with Crippen LogP contribution in [0.25, 0.3) is 0 Å². The minimum absolute atomic E-state index is 0.0567. The lowest BCUT2D eigenvalue weighted by molar-refractivity contribution is -0.179. The quantitative estimate of drug-likeness (QED) is 0.567. The third-order valence-electron chi connectivity index (χ3n) is 7.38. The summed E-state index contributed by atoms with van der Waals surface area (Å²) in [6.07, 6.45) is -3.09. The molecule has 0 radical (unpaired) electrons. The van der Waals surface area contributed by atoms with Crippen molar-refractivity contribution in [2.24, 2.45) is 5.92 Å². The first-order chi connectivity index (χ1) is 15.4. The number of Topliss-reactive ketones (excluding diaryl/α,β-unsaturated/α-hetero) is 3. The van der Waals surface area contributed by atoms with E-state index in [-0.39, 0.29) is 23.6 Å². The summed E-state index contributed by atoms with van der Waals surface area (Å²) in [5, 5.41) is 0. The van der Waals surface area contributed by atoms with Crippen molar-refractivity contribution >= 4 is 17.3 Å². The van der Waals surface area contributed by atoms with E-state index in [1.54, 1.807) is 13.8 Å². The zero-order valence-corrected chi connectivity index (χ0v) is 18.5. The summed E-state index contributed by atoms with van der Waals surface area (Å²) in [6.45, 7) is 3.28. The second kappa shape index (κ2) is 7.34. The van der Waals surface area contributed by atoms with Crippen LogP contribution in [0.15, 0.2) is 35.4 Å². The number of carbonyl (C=O) groups is 3. The molecule has 1 spiro atoms. The monoisotopic (exact) mass is 462 g/mol. The van der Waals surface area contributed by atoms with E-state index >= 15 is 0 Å². The number of rotatable bonds is 1. The number of fused-ring (bicyclic) bond motifs is 1. The molecule has 0 amide bonds. The van der Waals surface area contributed by atoms with Gasteiger partial charge in [-0.05, 0) is 69.2 Å². The van der Waals surface area contributed by atoms with Gasteiger partial charge in [0.05, 0.1) is 11.1 Å². The Morgan fingerprint density at radius 1 is 1.00 bits per heavy atom. The molecule has 5 nitrogen and oxygen atoms in total. The molecule has 1 aromatic carbocycles. The van der Waals surface area contributed by atoms with Crippen LogP contribution in [-0.2, 0) is 30.0 Å². The van der Waals surface area contributed by atoms with Crippen molar-refractivity contribution < 1.29 is 37.0 Å². The minimum atomic E-state index is -4.49. The molecular weight excluding hydrogens is 437 g/mol. The fourth-order valence-corrected chi connectivity index (χ4v) is 6.15. The predicted molar refractivity (Wildman–Crippen MR) is 110 cm³/mol. The number of carbonyl (C=O) groups excluding carboxylic acids is 3. The number of hydrogen-bond acceptors (Lipinski definition) is 5. The molecule has 0 N–H and O–H groups in total. The lowest BCUT2D eigenvalue weighted by atomic mass is 9.61. The maximum Gasteiger partial charge on any atom is 0.416 e. The van der Waals surface area contributed by atoms with Gasteiger partial charge >= 0.3 is 6.18 Å². The second-order valence-corrected chi connectivity index (χ2v) is 9.89. The number of alkyl halides is 3. The first-order valence-electron chi connectivity index (χ1n) is 11.3. The fraction of sp³-hybridized carbons (Fsp3) is 0.560. The molecular formula is C25H25F3O5. The molecule has 5 rings (SSSR count). The summed E-state index contributed by atoms with van der Waals surface area (Å²) in [4.78, 5) is 40.7. The third-order valence-corrected chi connectivity index (χ3v) is 7.38. The van der Waals surface area contributed by atoms with Gasteiger partial charge in [0.1, 0.15) is 0 Å². The van der Waals surface area contributed by atoms with Gasteiger partial charge < -0.3 is 9.47 Å². The number of ketones is 3. The van der Waals surface area contributed by atoms with Crippen LogP contribution in [0, 0.1) is 5.92 Å². The zero-order chi connectivity index (χ0) is 23.8. The Morgan fingerprint density at radius 3 is 2.36 bits per heavy atom. The van der Waals surface area contributed by atoms with Crippen molar-refractivity contribution in [2.45, 2.75) is 82.0 Å². The molecule has 3 aliphatic carbocycles. The standard InChI is InChI=1S/C25H25F3O5/c1-23(2)32-22-20(30)19-15(5-3-7-17(19)29)18(13-8-10-14(11-9-13)25(26,27)28)16-6-4-12-24(22,33-23)21(16)31/h8-11,16,18,22H,3-7,12H2,1-2H3/t16-,18+,22-,24+/m0/s1. The summed E-state index contributed by atoms with van der Waals surface area (Å²) >= 11 is 0. The summed E-state index contributed by atoms with van der Waals surface area (Å²) < 4.78 is 51.5. The van der Waals surface area contributed by atoms with Crippen LogP contribution in [0.2, 0.25) is 0 Å². The van der Waals surface area contributed by atoms with Crippen molar-refractivity contribution in [3.8, 4) is 0 Å². The number of hydrogen-bond donors (Lipinski definition) is 0. The maximum atomic E-state index is 13.9. The van der Waals surface area contributed by atoms with E-state index in [0.29, 0.717) is 43.2 Å². The molecule has 1 saturated heterocycles. The van der Waals surface area contributed by atoms with Gasteiger partial charge in [0.15, 0.2) is 34.8 Å². The Balaban J connectivity index is 1.72. The van der Waals surface area contributed by atoms with Crippen molar-refractivity contribution in [3.05, 3.63) is 46.5 Å². The predicted octanol–water partition coefficient (Wildman–Crippen LogP) is 4.68. The lowest BCUT2D eigenvalue weighted by Gasteiger charge is -2.44. The molecule has 2 bridgehead atoms. The van der Waals surface area contributed by atoms with Crippen molar-refractivity contribution in [3.63, 3.8) is 0 Å². The van der Waals surface area contributed by atoms with E-state index in [2.05, 4.69) is 0 Å². The van der Waals surface area contributed by atoms with Gasteiger partial charge in [0.25, 0.3) is 0 Å². The Labute approximate surface area is 189 Å². The van der Waals surface area contributed by atoms with E-state index in [1.807, 2.05) is 0 Å². The number of allylic oxidation sites excluding steroid dienone is 1. The number of ether oxygens (including phenoxy) is 2. The molecule has 33 heavy (non-hydrogen) atoms. The molecule has 0 aromatic heterocycles. The first kappa shape index (κ1) is 22.5. The average molecular weight is 462 g/mol. The maximum absolute atomic E-state index is 13.9. The highest BCUT2D eigenvalue weighted by Crippen LogP contribution is 2.54. The normalized spacial score (nSPS) is 34.0. The Morgan fingerprint density at radius 2 is 1.70 bits per heavy atom. The van der Waals surface area contributed by atoms with Gasteiger partial charge in [-0.2, -0.15) is 13.2 Å². The fourth-order valence-electron chi connectivity index (χ4n) is 6.15. The van der Waals surface area contributed by atoms with Crippen LogP contribution in [0.4, 0.5) is 13.2 Å². The third kappa shape index (κ3) is 3.41. The van der Waals surface area contributed by atoms with Gasteiger partial charge in [-0.3, -0.25) is 14.4 Å². The highest BCUT2D eigenvalue weighted by Gasteiger charge is 2.65. The summed E-state index contributed by atoms with van der Waals surface area (Å²) in [7, 11) is 0. The zero-order valence-electron chi connectivity index (χ0n) is 18.5. The molecule has 4 aliphatic rings. The first-order valence-corrected chi connectivity index (χ1v) is 11.3. The van der Waals surface area contributed by atoms with E-state index in [1.165, 1.54) is 12.1 Å². The van der Waals surface area contributed by atoms with Crippen molar-refractivity contribution in [1.82, 2.24) is 0 Å². The molecule has 0 unspecified atom stereocenters. The number of halogens is 3. The van der Waals surface area contributed by atoms with Gasteiger partial charge in [-0.15, -0.1) is 0 Å². The molecule has 4 atom stereocenters. The molecule has 1 saturated carbocycles. The van der Waals surface area contributed by atoms with Crippen LogP contribution >= 0.6 is 0 Å². The second-order valence-electron chi connectivity index (χ2n) is 9.89. The van der Waals surface area contributed by atoms with Crippen LogP contribution in [0.3, 0.4) is 0 Å². The van der Waals surface area contributed by atoms with E-state index < -0.39 is 46.9 Å². The molecule has 8 heteroatoms. The van der Waals surface area contributed by atoms with Crippen LogP contribution in [0.1, 0.15) is 69.4 Å². The van der Waals surface area contributed by atoms with Gasteiger partial charge in [-0.1, -0.05) is 12.1 Å². The highest BCUT2D eigenvalue weighted by atomic mass is 19.4. The highest BCUT2D eigenvalue weighted by molar-refractivity contribution is 6.24. The molecule has 176 valence electrons. The van der Waals surface area contributed by atoms with Crippen LogP contribution < -0.4 is 0 Å². The SMILES string of the molecule is CC1(C)O[C@H]2C(=O)C3=C(CCCC3=O)[C@@H](c3ccc(C(F)(F)F)cc3)[C@@H]3CCC[C@@]2(O1)C3=O. The topological polar surface area (TPSA) is 69.7 Å². The van der Waals surface area contributed by atoms with Gasteiger partial charge in [-0.25, -0.2) is 0 Å². The molecule has 1 aliphatic heterocycles. The Hall–Kier alpha value is -2.32. The smallest absolute Gasteiger partial charge is 0.336 e.